The molecule has 3 aromatic rings. The Morgan fingerprint density at radius 1 is 0.821 bits per heavy atom. The Balaban J connectivity index is 1.81. The highest BCUT2D eigenvalue weighted by molar-refractivity contribution is 5.86. The van der Waals surface area contributed by atoms with E-state index in [1.807, 2.05) is 48.5 Å². The molecular weight excluding hydrogens is 354 g/mol. The SMILES string of the molecule is COc1cc2cc(Oc3ccccc3)c(N3CCN(C)CC3)nc2cc1OC. The molecule has 1 aliphatic heterocycles. The van der Waals surface area contributed by atoms with Crippen LogP contribution in [0.25, 0.3) is 10.9 Å². The molecule has 6 nitrogen and oxygen atoms in total. The van der Waals surface area contributed by atoms with E-state index in [2.05, 4.69) is 16.8 Å². The number of rotatable bonds is 5. The van der Waals surface area contributed by atoms with Crippen LogP contribution in [0.15, 0.2) is 48.5 Å². The highest BCUT2D eigenvalue weighted by atomic mass is 16.5. The first-order chi connectivity index (χ1) is 13.7. The first kappa shape index (κ1) is 18.4. The minimum absolute atomic E-state index is 0.670. The van der Waals surface area contributed by atoms with Crippen LogP contribution in [-0.4, -0.2) is 57.3 Å². The summed E-state index contributed by atoms with van der Waals surface area (Å²) in [5.41, 5.74) is 0.854. The van der Waals surface area contributed by atoms with Gasteiger partial charge in [-0.05, 0) is 31.3 Å². The fourth-order valence-electron chi connectivity index (χ4n) is 3.41. The zero-order chi connectivity index (χ0) is 19.5. The van der Waals surface area contributed by atoms with Crippen molar-refractivity contribution in [3.8, 4) is 23.0 Å². The Hall–Kier alpha value is -2.99. The van der Waals surface area contributed by atoms with Crippen LogP contribution < -0.4 is 19.1 Å². The smallest absolute Gasteiger partial charge is 0.172 e. The number of aromatic nitrogens is 1. The maximum Gasteiger partial charge on any atom is 0.172 e. The maximum absolute atomic E-state index is 6.24. The Kier molecular flexibility index (Phi) is 5.21. The number of anilines is 1. The minimum Gasteiger partial charge on any atom is -0.493 e. The first-order valence-electron chi connectivity index (χ1n) is 9.41. The van der Waals surface area contributed by atoms with Crippen molar-refractivity contribution < 1.29 is 14.2 Å². The summed E-state index contributed by atoms with van der Waals surface area (Å²) >= 11 is 0. The van der Waals surface area contributed by atoms with E-state index in [0.29, 0.717) is 11.5 Å². The van der Waals surface area contributed by atoms with E-state index in [-0.39, 0.29) is 0 Å². The molecule has 1 aromatic heterocycles. The molecule has 0 spiro atoms. The van der Waals surface area contributed by atoms with Crippen molar-refractivity contribution in [2.75, 3.05) is 52.3 Å². The summed E-state index contributed by atoms with van der Waals surface area (Å²) in [6, 6.07) is 15.7. The number of fused-ring (bicyclic) bond motifs is 1. The van der Waals surface area contributed by atoms with Gasteiger partial charge in [-0.2, -0.15) is 0 Å². The Morgan fingerprint density at radius 2 is 1.46 bits per heavy atom. The van der Waals surface area contributed by atoms with Gasteiger partial charge in [0.2, 0.25) is 0 Å². The van der Waals surface area contributed by atoms with E-state index < -0.39 is 0 Å². The summed E-state index contributed by atoms with van der Waals surface area (Å²) in [5, 5.41) is 0.946. The van der Waals surface area contributed by atoms with Crippen LogP contribution >= 0.6 is 0 Å². The molecule has 2 aromatic carbocycles. The van der Waals surface area contributed by atoms with E-state index in [0.717, 1.165) is 54.4 Å². The van der Waals surface area contributed by atoms with Crippen molar-refractivity contribution in [2.24, 2.45) is 0 Å². The fraction of sp³-hybridized carbons (Fsp3) is 0.318. The van der Waals surface area contributed by atoms with Crippen LogP contribution in [0, 0.1) is 0 Å². The predicted octanol–water partition coefficient (Wildman–Crippen LogP) is 3.80. The van der Waals surface area contributed by atoms with Gasteiger partial charge in [-0.3, -0.25) is 0 Å². The number of hydrogen-bond donors (Lipinski definition) is 0. The van der Waals surface area contributed by atoms with Crippen LogP contribution in [-0.2, 0) is 0 Å². The standard InChI is InChI=1S/C22H25N3O3/c1-24-9-11-25(12-10-24)22-21(28-17-7-5-4-6-8-17)14-16-13-19(26-2)20(27-3)15-18(16)23-22/h4-8,13-15H,9-12H2,1-3H3. The molecule has 0 unspecified atom stereocenters. The molecule has 0 saturated carbocycles. The van der Waals surface area contributed by atoms with Crippen molar-refractivity contribution >= 4 is 16.7 Å². The van der Waals surface area contributed by atoms with E-state index in [4.69, 9.17) is 19.2 Å². The van der Waals surface area contributed by atoms with Crippen LogP contribution in [0.5, 0.6) is 23.0 Å². The van der Waals surface area contributed by atoms with E-state index in [1.165, 1.54) is 0 Å². The molecule has 4 rings (SSSR count). The second-order valence-corrected chi connectivity index (χ2v) is 6.92. The van der Waals surface area contributed by atoms with Crippen LogP contribution in [0.2, 0.25) is 0 Å². The minimum atomic E-state index is 0.670. The Bertz CT molecular complexity index is 954. The lowest BCUT2D eigenvalue weighted by Gasteiger charge is -2.34. The first-order valence-corrected chi connectivity index (χ1v) is 9.41. The summed E-state index contributed by atoms with van der Waals surface area (Å²) in [6.45, 7) is 3.81. The van der Waals surface area contributed by atoms with Gasteiger partial charge in [-0.15, -0.1) is 0 Å². The summed E-state index contributed by atoms with van der Waals surface area (Å²) in [7, 11) is 5.42. The van der Waals surface area contributed by atoms with Crippen molar-refractivity contribution in [3.05, 3.63) is 48.5 Å². The van der Waals surface area contributed by atoms with E-state index in [1.54, 1.807) is 14.2 Å². The monoisotopic (exact) mass is 379 g/mol. The van der Waals surface area contributed by atoms with E-state index in [9.17, 15) is 0 Å². The summed E-state index contributed by atoms with van der Waals surface area (Å²) < 4.78 is 17.1. The molecule has 0 bridgehead atoms. The summed E-state index contributed by atoms with van der Waals surface area (Å²) in [6.07, 6.45) is 0. The molecule has 28 heavy (non-hydrogen) atoms. The highest BCUT2D eigenvalue weighted by Gasteiger charge is 2.21. The maximum atomic E-state index is 6.24. The highest BCUT2D eigenvalue weighted by Crippen LogP contribution is 2.38. The number of benzene rings is 2. The Labute approximate surface area is 165 Å². The van der Waals surface area contributed by atoms with Crippen molar-refractivity contribution in [1.29, 1.82) is 0 Å². The molecule has 0 atom stereocenters. The number of piperazine rings is 1. The molecule has 1 aliphatic rings. The number of nitrogens with zero attached hydrogens (tertiary/aromatic N) is 3. The average Bonchev–Trinajstić information content (AvgIpc) is 2.73. The van der Waals surface area contributed by atoms with Crippen LogP contribution in [0.3, 0.4) is 0 Å². The van der Waals surface area contributed by atoms with Gasteiger partial charge < -0.3 is 24.0 Å². The van der Waals surface area contributed by atoms with Crippen molar-refractivity contribution in [1.82, 2.24) is 9.88 Å². The summed E-state index contributed by atoms with van der Waals surface area (Å²) in [4.78, 5) is 9.56. The fourth-order valence-corrected chi connectivity index (χ4v) is 3.41. The molecule has 6 heteroatoms. The normalized spacial score (nSPS) is 14.9. The van der Waals surface area contributed by atoms with Gasteiger partial charge in [-0.25, -0.2) is 4.98 Å². The number of pyridine rings is 1. The lowest BCUT2D eigenvalue weighted by atomic mass is 10.1. The van der Waals surface area contributed by atoms with Crippen LogP contribution in [0.1, 0.15) is 0 Å². The number of para-hydroxylation sites is 1. The third-order valence-electron chi connectivity index (χ3n) is 5.04. The largest absolute Gasteiger partial charge is 0.493 e. The molecule has 0 amide bonds. The molecule has 1 fully saturated rings. The third kappa shape index (κ3) is 3.68. The van der Waals surface area contributed by atoms with Crippen molar-refractivity contribution in [3.63, 3.8) is 0 Å². The number of hydrogen-bond acceptors (Lipinski definition) is 6. The third-order valence-corrected chi connectivity index (χ3v) is 5.04. The van der Waals surface area contributed by atoms with Gasteiger partial charge >= 0.3 is 0 Å². The molecule has 0 radical (unpaired) electrons. The van der Waals surface area contributed by atoms with Gasteiger partial charge in [0.25, 0.3) is 0 Å². The predicted molar refractivity (Wildman–Crippen MR) is 111 cm³/mol. The topological polar surface area (TPSA) is 47.1 Å². The number of methoxy groups -OCH3 is 2. The lowest BCUT2D eigenvalue weighted by molar-refractivity contribution is 0.311. The number of likely N-dealkylation sites (N-methyl/N-ethyl adjacent to an activating group) is 1. The summed E-state index contributed by atoms with van der Waals surface area (Å²) in [5.74, 6) is 3.74. The molecule has 146 valence electrons. The quantitative estimate of drug-likeness (QED) is 0.672. The molecule has 1 saturated heterocycles. The molecule has 0 N–H and O–H groups in total. The second-order valence-electron chi connectivity index (χ2n) is 6.92. The van der Waals surface area contributed by atoms with Gasteiger partial charge in [-0.1, -0.05) is 18.2 Å². The zero-order valence-corrected chi connectivity index (χ0v) is 16.5. The van der Waals surface area contributed by atoms with Crippen molar-refractivity contribution in [2.45, 2.75) is 0 Å². The Morgan fingerprint density at radius 3 is 2.14 bits per heavy atom. The zero-order valence-electron chi connectivity index (χ0n) is 16.5. The van der Waals surface area contributed by atoms with Gasteiger partial charge in [0.15, 0.2) is 23.1 Å². The molecule has 0 aliphatic carbocycles. The van der Waals surface area contributed by atoms with Crippen LogP contribution in [0.4, 0.5) is 5.82 Å². The number of ether oxygens (including phenoxy) is 3. The van der Waals surface area contributed by atoms with Gasteiger partial charge in [0, 0.05) is 37.6 Å². The molecular formula is C22H25N3O3. The lowest BCUT2D eigenvalue weighted by Crippen LogP contribution is -2.44. The van der Waals surface area contributed by atoms with Gasteiger partial charge in [0.05, 0.1) is 19.7 Å². The van der Waals surface area contributed by atoms with Gasteiger partial charge in [0.1, 0.15) is 5.75 Å². The second kappa shape index (κ2) is 7.94. The average molecular weight is 379 g/mol. The van der Waals surface area contributed by atoms with E-state index >= 15 is 0 Å². The molecule has 2 heterocycles.